The lowest BCUT2D eigenvalue weighted by Crippen LogP contribution is -2.20. The second-order valence-electron chi connectivity index (χ2n) is 7.29. The number of hydrogen-bond acceptors (Lipinski definition) is 10. The molecule has 2 saturated heterocycles. The third kappa shape index (κ3) is 4.45. The molecule has 4 heterocycles. The normalized spacial score (nSPS) is 22.4. The molecule has 2 aliphatic rings. The lowest BCUT2D eigenvalue weighted by molar-refractivity contribution is -0.0239. The van der Waals surface area contributed by atoms with Gasteiger partial charge in [-0.15, -0.1) is 0 Å². The molecule has 0 spiro atoms. The van der Waals surface area contributed by atoms with Gasteiger partial charge >= 0.3 is 7.82 Å². The van der Waals surface area contributed by atoms with Crippen molar-refractivity contribution in [3.05, 3.63) is 6.33 Å². The lowest BCUT2D eigenvalue weighted by Gasteiger charge is -2.20. The van der Waals surface area contributed by atoms with E-state index >= 15 is 0 Å². The van der Waals surface area contributed by atoms with Crippen molar-refractivity contribution < 1.29 is 22.9 Å². The number of fused-ring (bicyclic) bond motifs is 1. The van der Waals surface area contributed by atoms with Gasteiger partial charge in [0.2, 0.25) is 5.95 Å². The van der Waals surface area contributed by atoms with Gasteiger partial charge in [-0.3, -0.25) is 18.1 Å². The highest BCUT2D eigenvalue weighted by Crippen LogP contribution is 2.49. The molecular formula is C18H29N6O5P. The van der Waals surface area contributed by atoms with Gasteiger partial charge in [0.05, 0.1) is 32.3 Å². The van der Waals surface area contributed by atoms with E-state index in [2.05, 4.69) is 19.9 Å². The van der Waals surface area contributed by atoms with E-state index in [4.69, 9.17) is 24.0 Å². The fourth-order valence-corrected chi connectivity index (χ4v) is 5.10. The van der Waals surface area contributed by atoms with Crippen molar-refractivity contribution in [1.29, 1.82) is 0 Å². The van der Waals surface area contributed by atoms with Crippen molar-refractivity contribution in [1.82, 2.24) is 19.5 Å². The van der Waals surface area contributed by atoms with Crippen LogP contribution >= 0.6 is 7.82 Å². The highest BCUT2D eigenvalue weighted by Gasteiger charge is 2.33. The van der Waals surface area contributed by atoms with Crippen LogP contribution in [0.3, 0.4) is 0 Å². The second kappa shape index (κ2) is 9.15. The van der Waals surface area contributed by atoms with Crippen LogP contribution in [0.5, 0.6) is 0 Å². The maximum atomic E-state index is 12.5. The molecule has 12 heteroatoms. The van der Waals surface area contributed by atoms with Crippen molar-refractivity contribution in [3.63, 3.8) is 0 Å². The molecule has 0 saturated carbocycles. The number of rotatable bonds is 9. The Hall–Kier alpha value is -1.78. The molecule has 2 aromatic rings. The van der Waals surface area contributed by atoms with Crippen LogP contribution in [0.2, 0.25) is 0 Å². The molecule has 0 amide bonds. The highest BCUT2D eigenvalue weighted by atomic mass is 31.2. The van der Waals surface area contributed by atoms with Gasteiger partial charge in [0.15, 0.2) is 17.0 Å². The summed E-state index contributed by atoms with van der Waals surface area (Å²) in [5.41, 5.74) is 7.38. The van der Waals surface area contributed by atoms with Crippen molar-refractivity contribution in [2.45, 2.75) is 51.9 Å². The number of nitrogens with zero attached hydrogens (tertiary/aromatic N) is 5. The Kier molecular flexibility index (Phi) is 6.54. The summed E-state index contributed by atoms with van der Waals surface area (Å²) in [6.45, 7) is 5.97. The van der Waals surface area contributed by atoms with Crippen LogP contribution in [0.4, 0.5) is 11.8 Å². The average molecular weight is 440 g/mol. The number of imidazole rings is 1. The predicted molar refractivity (Wildman–Crippen MR) is 111 cm³/mol. The van der Waals surface area contributed by atoms with E-state index in [1.54, 1.807) is 20.2 Å². The Morgan fingerprint density at radius 3 is 2.60 bits per heavy atom. The van der Waals surface area contributed by atoms with Crippen LogP contribution < -0.4 is 10.6 Å². The van der Waals surface area contributed by atoms with E-state index < -0.39 is 7.82 Å². The molecular weight excluding hydrogens is 411 g/mol. The van der Waals surface area contributed by atoms with Crippen molar-refractivity contribution in [2.75, 3.05) is 43.5 Å². The molecule has 2 N–H and O–H groups in total. The molecule has 0 unspecified atom stereocenters. The molecule has 2 aliphatic heterocycles. The summed E-state index contributed by atoms with van der Waals surface area (Å²) in [6, 6.07) is 0. The van der Waals surface area contributed by atoms with Gasteiger partial charge in [-0.1, -0.05) is 0 Å². The summed E-state index contributed by atoms with van der Waals surface area (Å²) >= 11 is 0. The minimum atomic E-state index is -3.56. The SMILES string of the molecule is CCOP(=O)(OCC)OC[C@H]1CC[C@@H](n2cnc3c(N4CCCC4)nc(N)nc32)O1. The molecule has 2 atom stereocenters. The minimum Gasteiger partial charge on any atom is -0.368 e. The fraction of sp³-hybridized carbons (Fsp3) is 0.722. The van der Waals surface area contributed by atoms with E-state index in [-0.39, 0.29) is 38.1 Å². The molecule has 0 aromatic carbocycles. The number of nitrogen functional groups attached to an aromatic ring is 1. The number of hydrogen-bond donors (Lipinski definition) is 1. The Bertz CT molecular complexity index is 908. The number of aromatic nitrogens is 4. The largest absolute Gasteiger partial charge is 0.474 e. The van der Waals surface area contributed by atoms with Crippen molar-refractivity contribution in [2.24, 2.45) is 0 Å². The summed E-state index contributed by atoms with van der Waals surface area (Å²) < 4.78 is 36.3. The first-order chi connectivity index (χ1) is 14.5. The summed E-state index contributed by atoms with van der Waals surface area (Å²) in [7, 11) is -3.56. The number of nitrogens with two attached hydrogens (primary N) is 1. The zero-order valence-corrected chi connectivity index (χ0v) is 18.3. The number of anilines is 2. The number of phosphoric ester groups is 1. The highest BCUT2D eigenvalue weighted by molar-refractivity contribution is 7.48. The van der Waals surface area contributed by atoms with E-state index in [0.717, 1.165) is 50.1 Å². The van der Waals surface area contributed by atoms with Gasteiger partial charge in [-0.25, -0.2) is 9.55 Å². The molecule has 4 rings (SSSR count). The standard InChI is InChI=1S/C18H29N6O5P/c1-3-26-30(25,27-4-2)28-11-13-7-8-14(29-13)24-12-20-15-16(23-9-5-6-10-23)21-18(19)22-17(15)24/h12-14H,3-11H2,1-2H3,(H2,19,21,22)/t13-,14+/m1/s1. The molecule has 0 aliphatic carbocycles. The zero-order valence-electron chi connectivity index (χ0n) is 17.4. The lowest BCUT2D eigenvalue weighted by atomic mass is 10.2. The summed E-state index contributed by atoms with van der Waals surface area (Å²) in [5.74, 6) is 0.999. The molecule has 11 nitrogen and oxygen atoms in total. The number of ether oxygens (including phenoxy) is 1. The number of phosphoric acid groups is 1. The van der Waals surface area contributed by atoms with Crippen molar-refractivity contribution in [3.8, 4) is 0 Å². The molecule has 2 aromatic heterocycles. The Morgan fingerprint density at radius 2 is 1.90 bits per heavy atom. The fourth-order valence-electron chi connectivity index (χ4n) is 3.89. The van der Waals surface area contributed by atoms with Crippen LogP contribution in [0, 0.1) is 0 Å². The minimum absolute atomic E-state index is 0.122. The Labute approximate surface area is 175 Å². The van der Waals surface area contributed by atoms with Crippen molar-refractivity contribution >= 4 is 30.8 Å². The molecule has 30 heavy (non-hydrogen) atoms. The van der Waals surface area contributed by atoms with Gasteiger partial charge in [-0.05, 0) is 39.5 Å². The van der Waals surface area contributed by atoms with E-state index in [9.17, 15) is 4.57 Å². The topological polar surface area (TPSA) is 127 Å². The first kappa shape index (κ1) is 21.5. The van der Waals surface area contributed by atoms with Gasteiger partial charge in [0, 0.05) is 13.1 Å². The van der Waals surface area contributed by atoms with E-state index in [0.29, 0.717) is 5.65 Å². The van der Waals surface area contributed by atoms with Gasteiger partial charge < -0.3 is 15.4 Å². The van der Waals surface area contributed by atoms with Crippen LogP contribution in [0.25, 0.3) is 11.2 Å². The van der Waals surface area contributed by atoms with Gasteiger partial charge in [0.1, 0.15) is 6.23 Å². The summed E-state index contributed by atoms with van der Waals surface area (Å²) in [6.07, 6.45) is 4.97. The van der Waals surface area contributed by atoms with Crippen LogP contribution in [0.15, 0.2) is 6.33 Å². The first-order valence-electron chi connectivity index (χ1n) is 10.5. The van der Waals surface area contributed by atoms with Crippen LogP contribution in [0.1, 0.15) is 45.8 Å². The Balaban J connectivity index is 1.47. The molecule has 0 bridgehead atoms. The molecule has 2 fully saturated rings. The quantitative estimate of drug-likeness (QED) is 0.581. The molecule has 166 valence electrons. The van der Waals surface area contributed by atoms with Gasteiger partial charge in [0.25, 0.3) is 0 Å². The predicted octanol–water partition coefficient (Wildman–Crippen LogP) is 2.88. The average Bonchev–Trinajstić information content (AvgIpc) is 3.46. The summed E-state index contributed by atoms with van der Waals surface area (Å²) in [5, 5.41) is 0. The van der Waals surface area contributed by atoms with Gasteiger partial charge in [-0.2, -0.15) is 9.97 Å². The van der Waals surface area contributed by atoms with Crippen LogP contribution in [-0.4, -0.2) is 58.5 Å². The van der Waals surface area contributed by atoms with E-state index in [1.165, 1.54) is 0 Å². The third-order valence-corrected chi connectivity index (χ3v) is 6.83. The monoisotopic (exact) mass is 440 g/mol. The first-order valence-corrected chi connectivity index (χ1v) is 11.9. The summed E-state index contributed by atoms with van der Waals surface area (Å²) in [4.78, 5) is 15.6. The van der Waals surface area contributed by atoms with Crippen LogP contribution in [-0.2, 0) is 22.9 Å². The third-order valence-electron chi connectivity index (χ3n) is 5.21. The smallest absolute Gasteiger partial charge is 0.368 e. The zero-order chi connectivity index (χ0) is 21.1. The molecule has 0 radical (unpaired) electrons. The second-order valence-corrected chi connectivity index (χ2v) is 8.96. The Morgan fingerprint density at radius 1 is 1.17 bits per heavy atom. The maximum Gasteiger partial charge on any atom is 0.474 e. The maximum absolute atomic E-state index is 12.5. The van der Waals surface area contributed by atoms with E-state index in [1.807, 2.05) is 4.57 Å².